The van der Waals surface area contributed by atoms with Crippen LogP contribution in [0.15, 0.2) is 10.2 Å². The van der Waals surface area contributed by atoms with Gasteiger partial charge in [-0.25, -0.2) is 5.43 Å². The zero-order valence-electron chi connectivity index (χ0n) is 5.48. The van der Waals surface area contributed by atoms with Gasteiger partial charge < -0.3 is 0 Å². The van der Waals surface area contributed by atoms with Crippen LogP contribution in [0.2, 0.25) is 0 Å². The first-order chi connectivity index (χ1) is 4.81. The molecule has 0 aromatic carbocycles. The van der Waals surface area contributed by atoms with Crippen molar-refractivity contribution in [1.29, 1.82) is 0 Å². The van der Waals surface area contributed by atoms with Crippen molar-refractivity contribution in [2.24, 2.45) is 10.2 Å². The van der Waals surface area contributed by atoms with Crippen molar-refractivity contribution in [2.75, 3.05) is 0 Å². The maximum Gasteiger partial charge on any atom is 0.239 e. The van der Waals surface area contributed by atoms with Gasteiger partial charge in [0, 0.05) is 11.3 Å². The number of carbonyl (C=O) groups excluding carboxylic acids is 1. The Morgan fingerprint density at radius 1 is 1.90 bits per heavy atom. The van der Waals surface area contributed by atoms with Crippen LogP contribution in [0.1, 0.15) is 13.3 Å². The van der Waals surface area contributed by atoms with E-state index in [2.05, 4.69) is 20.6 Å². The van der Waals surface area contributed by atoms with Gasteiger partial charge in [0.1, 0.15) is 6.34 Å². The Morgan fingerprint density at radius 2 is 2.60 bits per heavy atom. The number of hydrogen-bond donors (Lipinski definition) is 1. The van der Waals surface area contributed by atoms with Crippen molar-refractivity contribution in [3.05, 3.63) is 10.4 Å². The van der Waals surface area contributed by atoms with E-state index in [0.717, 1.165) is 6.34 Å². The molecule has 0 aliphatic rings. The standard InChI is InChI=1S/C4H7N5O/c1-2-4(10)8-6-3-7-9-5/h3H,2H2,1H3,(H,8,10). The predicted molar refractivity (Wildman–Crippen MR) is 36.1 cm³/mol. The third kappa shape index (κ3) is 4.61. The molecule has 0 saturated carbocycles. The summed E-state index contributed by atoms with van der Waals surface area (Å²) >= 11 is 0. The summed E-state index contributed by atoms with van der Waals surface area (Å²) in [5.74, 6) is -0.218. The second-order valence-electron chi connectivity index (χ2n) is 1.34. The Labute approximate surface area is 57.5 Å². The highest BCUT2D eigenvalue weighted by molar-refractivity contribution is 5.76. The molecule has 1 N–H and O–H groups in total. The normalized spacial score (nSPS) is 8.90. The molecule has 0 unspecified atom stereocenters. The molecule has 0 rings (SSSR count). The molecular formula is C4H7N5O. The molecule has 0 aromatic rings. The molecule has 6 heteroatoms. The van der Waals surface area contributed by atoms with Crippen molar-refractivity contribution >= 4 is 12.2 Å². The summed E-state index contributed by atoms with van der Waals surface area (Å²) in [6, 6.07) is 0. The van der Waals surface area contributed by atoms with Gasteiger partial charge in [-0.3, -0.25) is 4.79 Å². The zero-order chi connectivity index (χ0) is 7.82. The minimum Gasteiger partial charge on any atom is -0.273 e. The monoisotopic (exact) mass is 141 g/mol. The summed E-state index contributed by atoms with van der Waals surface area (Å²) < 4.78 is 0. The van der Waals surface area contributed by atoms with Gasteiger partial charge in [0.05, 0.1) is 0 Å². The first-order valence-corrected chi connectivity index (χ1v) is 2.65. The fourth-order valence-electron chi connectivity index (χ4n) is 0.229. The number of hydrogen-bond acceptors (Lipinski definition) is 2. The molecule has 6 nitrogen and oxygen atoms in total. The summed E-state index contributed by atoms with van der Waals surface area (Å²) in [6.07, 6.45) is 1.28. The fourth-order valence-corrected chi connectivity index (χ4v) is 0.229. The molecule has 0 spiro atoms. The van der Waals surface area contributed by atoms with Crippen LogP contribution in [-0.2, 0) is 4.79 Å². The maximum atomic E-state index is 10.4. The highest BCUT2D eigenvalue weighted by Gasteiger charge is 1.88. The Kier molecular flexibility index (Phi) is 4.72. The average Bonchev–Trinajstić information content (AvgIpc) is 1.98. The van der Waals surface area contributed by atoms with Gasteiger partial charge in [-0.15, -0.1) is 0 Å². The molecule has 0 aliphatic heterocycles. The van der Waals surface area contributed by atoms with E-state index in [0.29, 0.717) is 6.42 Å². The molecule has 54 valence electrons. The Hall–Kier alpha value is -1.55. The van der Waals surface area contributed by atoms with Crippen LogP contribution >= 0.6 is 0 Å². The van der Waals surface area contributed by atoms with Crippen LogP contribution in [0.4, 0.5) is 0 Å². The van der Waals surface area contributed by atoms with Crippen LogP contribution in [0.25, 0.3) is 10.4 Å². The van der Waals surface area contributed by atoms with Gasteiger partial charge in [-0.05, 0) is 10.6 Å². The Bertz CT molecular complexity index is 180. The van der Waals surface area contributed by atoms with Gasteiger partial charge in [-0.2, -0.15) is 5.10 Å². The van der Waals surface area contributed by atoms with E-state index in [-0.39, 0.29) is 5.91 Å². The topological polar surface area (TPSA) is 90.2 Å². The second-order valence-corrected chi connectivity index (χ2v) is 1.34. The largest absolute Gasteiger partial charge is 0.273 e. The van der Waals surface area contributed by atoms with Crippen molar-refractivity contribution < 1.29 is 4.79 Å². The van der Waals surface area contributed by atoms with Crippen molar-refractivity contribution in [3.63, 3.8) is 0 Å². The molecule has 1 amide bonds. The van der Waals surface area contributed by atoms with E-state index in [4.69, 9.17) is 5.53 Å². The van der Waals surface area contributed by atoms with Crippen LogP contribution in [0.5, 0.6) is 0 Å². The zero-order valence-corrected chi connectivity index (χ0v) is 5.48. The lowest BCUT2D eigenvalue weighted by molar-refractivity contribution is -0.120. The number of carbonyl (C=O) groups is 1. The summed E-state index contributed by atoms with van der Waals surface area (Å²) in [5.41, 5.74) is 9.88. The van der Waals surface area contributed by atoms with Crippen LogP contribution in [-0.4, -0.2) is 12.2 Å². The van der Waals surface area contributed by atoms with E-state index in [1.807, 2.05) is 0 Å². The van der Waals surface area contributed by atoms with Crippen molar-refractivity contribution in [1.82, 2.24) is 5.43 Å². The molecular weight excluding hydrogens is 134 g/mol. The molecule has 0 bridgehead atoms. The van der Waals surface area contributed by atoms with E-state index in [1.165, 1.54) is 0 Å². The van der Waals surface area contributed by atoms with Crippen LogP contribution in [0.3, 0.4) is 0 Å². The number of rotatable bonds is 3. The quantitative estimate of drug-likeness (QED) is 0.154. The van der Waals surface area contributed by atoms with Crippen molar-refractivity contribution in [2.45, 2.75) is 13.3 Å². The molecule has 0 heterocycles. The average molecular weight is 141 g/mol. The molecule has 0 radical (unpaired) electrons. The van der Waals surface area contributed by atoms with Gasteiger partial charge in [0.2, 0.25) is 5.91 Å². The van der Waals surface area contributed by atoms with Crippen LogP contribution < -0.4 is 5.43 Å². The minimum absolute atomic E-state index is 0.218. The lowest BCUT2D eigenvalue weighted by Crippen LogP contribution is -2.14. The summed E-state index contributed by atoms with van der Waals surface area (Å²) in [4.78, 5) is 12.8. The highest BCUT2D eigenvalue weighted by atomic mass is 16.2. The minimum atomic E-state index is -0.218. The van der Waals surface area contributed by atoms with Gasteiger partial charge >= 0.3 is 0 Å². The SMILES string of the molecule is CCC(=O)NN=CN=[N+]=[N-]. The third-order valence-corrected chi connectivity index (χ3v) is 0.671. The number of nitrogens with zero attached hydrogens (tertiary/aromatic N) is 4. The molecule has 0 atom stereocenters. The number of amides is 1. The first kappa shape index (κ1) is 8.45. The fraction of sp³-hybridized carbons (Fsp3) is 0.500. The lowest BCUT2D eigenvalue weighted by Gasteiger charge is -1.90. The summed E-state index contributed by atoms with van der Waals surface area (Å²) in [6.45, 7) is 1.69. The first-order valence-electron chi connectivity index (χ1n) is 2.65. The van der Waals surface area contributed by atoms with E-state index < -0.39 is 0 Å². The highest BCUT2D eigenvalue weighted by Crippen LogP contribution is 1.73. The van der Waals surface area contributed by atoms with Crippen molar-refractivity contribution in [3.8, 4) is 0 Å². The molecule has 0 fully saturated rings. The third-order valence-electron chi connectivity index (χ3n) is 0.671. The van der Waals surface area contributed by atoms with Crippen LogP contribution in [0, 0.1) is 0 Å². The second kappa shape index (κ2) is 5.58. The summed E-state index contributed by atoms with van der Waals surface area (Å²) in [5, 5.41) is 6.24. The van der Waals surface area contributed by atoms with Gasteiger partial charge in [0.25, 0.3) is 0 Å². The Balaban J connectivity index is 3.52. The predicted octanol–water partition coefficient (Wildman–Crippen LogP) is 0.766. The number of hydrazone groups is 1. The van der Waals surface area contributed by atoms with Gasteiger partial charge in [-0.1, -0.05) is 6.92 Å². The molecule has 0 aliphatic carbocycles. The maximum absolute atomic E-state index is 10.4. The Morgan fingerprint density at radius 3 is 3.10 bits per heavy atom. The molecule has 10 heavy (non-hydrogen) atoms. The molecule has 0 saturated heterocycles. The van der Waals surface area contributed by atoms with E-state index in [9.17, 15) is 4.79 Å². The van der Waals surface area contributed by atoms with Gasteiger partial charge in [0.15, 0.2) is 0 Å². The number of nitrogens with one attached hydrogen (secondary N) is 1. The smallest absolute Gasteiger partial charge is 0.239 e. The van der Waals surface area contributed by atoms with E-state index >= 15 is 0 Å². The molecule has 0 aromatic heterocycles. The lowest BCUT2D eigenvalue weighted by atomic mass is 10.5. The van der Waals surface area contributed by atoms with E-state index in [1.54, 1.807) is 6.92 Å². The summed E-state index contributed by atoms with van der Waals surface area (Å²) in [7, 11) is 0. The number of azide groups is 1.